The molecule has 0 bridgehead atoms. The summed E-state index contributed by atoms with van der Waals surface area (Å²) < 4.78 is 4.64. The van der Waals surface area contributed by atoms with Crippen LogP contribution in [0.15, 0.2) is 5.11 Å². The monoisotopic (exact) mass is 183 g/mol. The normalized spacial score (nSPS) is 27.5. The molecule has 1 saturated carbocycles. The third-order valence-corrected chi connectivity index (χ3v) is 2.40. The van der Waals surface area contributed by atoms with Gasteiger partial charge in [0.1, 0.15) is 0 Å². The Morgan fingerprint density at radius 2 is 2.38 bits per heavy atom. The Bertz CT molecular complexity index is 236. The molecule has 0 unspecified atom stereocenters. The molecule has 0 spiro atoms. The average Bonchev–Trinajstić information content (AvgIpc) is 2.18. The first-order valence-electron chi connectivity index (χ1n) is 4.40. The molecule has 0 N–H and O–H groups in total. The summed E-state index contributed by atoms with van der Waals surface area (Å²) in [5.74, 6) is -0.257. The standard InChI is InChI=1S/C8H13N3O2/c1-13-8(12)6-3-2-4-7(5-6)10-11-9/h6-7H,2-5H2,1H3/t6-,7-/m1/s1. The van der Waals surface area contributed by atoms with Crippen molar-refractivity contribution in [2.45, 2.75) is 31.7 Å². The zero-order chi connectivity index (χ0) is 9.68. The van der Waals surface area contributed by atoms with E-state index in [9.17, 15) is 4.79 Å². The summed E-state index contributed by atoms with van der Waals surface area (Å²) in [6.45, 7) is 0. The van der Waals surface area contributed by atoms with Crippen LogP contribution in [0.1, 0.15) is 25.7 Å². The molecule has 72 valence electrons. The molecule has 5 nitrogen and oxygen atoms in total. The van der Waals surface area contributed by atoms with Gasteiger partial charge in [0.2, 0.25) is 0 Å². The summed E-state index contributed by atoms with van der Waals surface area (Å²) in [5, 5.41) is 3.62. The van der Waals surface area contributed by atoms with Crippen LogP contribution in [0.25, 0.3) is 10.4 Å². The number of hydrogen-bond donors (Lipinski definition) is 0. The maximum Gasteiger partial charge on any atom is 0.308 e. The molecule has 2 atom stereocenters. The zero-order valence-electron chi connectivity index (χ0n) is 7.64. The number of methoxy groups -OCH3 is 1. The van der Waals surface area contributed by atoms with E-state index in [0.717, 1.165) is 19.3 Å². The van der Waals surface area contributed by atoms with Gasteiger partial charge in [-0.3, -0.25) is 4.79 Å². The van der Waals surface area contributed by atoms with Crippen molar-refractivity contribution in [1.29, 1.82) is 0 Å². The van der Waals surface area contributed by atoms with Gasteiger partial charge in [-0.05, 0) is 24.8 Å². The van der Waals surface area contributed by atoms with Crippen molar-refractivity contribution in [2.24, 2.45) is 11.0 Å². The Morgan fingerprint density at radius 1 is 1.62 bits per heavy atom. The molecule has 0 aliphatic heterocycles. The van der Waals surface area contributed by atoms with Gasteiger partial charge in [-0.1, -0.05) is 11.5 Å². The fraction of sp³-hybridized carbons (Fsp3) is 0.875. The summed E-state index contributed by atoms with van der Waals surface area (Å²) >= 11 is 0. The Hall–Kier alpha value is -1.22. The maximum atomic E-state index is 11.2. The summed E-state index contributed by atoms with van der Waals surface area (Å²) in [7, 11) is 1.39. The lowest BCUT2D eigenvalue weighted by Gasteiger charge is -2.23. The van der Waals surface area contributed by atoms with Crippen molar-refractivity contribution in [3.8, 4) is 0 Å². The van der Waals surface area contributed by atoms with Crippen LogP contribution in [-0.4, -0.2) is 19.1 Å². The number of rotatable bonds is 2. The first kappa shape index (κ1) is 9.86. The maximum absolute atomic E-state index is 11.2. The molecule has 0 radical (unpaired) electrons. The fourth-order valence-electron chi connectivity index (χ4n) is 1.72. The number of hydrogen-bond acceptors (Lipinski definition) is 3. The molecule has 0 aromatic heterocycles. The molecule has 1 rings (SSSR count). The minimum atomic E-state index is -0.183. The summed E-state index contributed by atoms with van der Waals surface area (Å²) in [4.78, 5) is 13.9. The lowest BCUT2D eigenvalue weighted by atomic mass is 9.86. The second kappa shape index (κ2) is 4.72. The van der Waals surface area contributed by atoms with Crippen LogP contribution < -0.4 is 0 Å². The minimum absolute atomic E-state index is 0.0251. The van der Waals surface area contributed by atoms with Gasteiger partial charge in [0.05, 0.1) is 13.0 Å². The summed E-state index contributed by atoms with van der Waals surface area (Å²) in [5.41, 5.74) is 8.24. The topological polar surface area (TPSA) is 75.1 Å². The van der Waals surface area contributed by atoms with Gasteiger partial charge in [0.25, 0.3) is 0 Å². The third-order valence-electron chi connectivity index (χ3n) is 2.40. The lowest BCUT2D eigenvalue weighted by molar-refractivity contribution is -0.146. The van der Waals surface area contributed by atoms with Gasteiger partial charge < -0.3 is 4.74 Å². The Morgan fingerprint density at radius 3 is 3.00 bits per heavy atom. The van der Waals surface area contributed by atoms with Gasteiger partial charge >= 0.3 is 5.97 Å². The molecule has 0 aromatic rings. The van der Waals surface area contributed by atoms with E-state index in [4.69, 9.17) is 5.53 Å². The van der Waals surface area contributed by atoms with Crippen LogP contribution in [0.5, 0.6) is 0 Å². The average molecular weight is 183 g/mol. The molecule has 0 amide bonds. The second-order valence-corrected chi connectivity index (χ2v) is 3.25. The molecular weight excluding hydrogens is 170 g/mol. The largest absolute Gasteiger partial charge is 0.469 e. The minimum Gasteiger partial charge on any atom is -0.469 e. The number of esters is 1. The summed E-state index contributed by atoms with van der Waals surface area (Å²) in [6, 6.07) is -0.0251. The second-order valence-electron chi connectivity index (χ2n) is 3.25. The van der Waals surface area contributed by atoms with E-state index >= 15 is 0 Å². The Kier molecular flexibility index (Phi) is 3.58. The molecule has 1 aliphatic rings. The molecule has 13 heavy (non-hydrogen) atoms. The molecule has 5 heteroatoms. The quantitative estimate of drug-likeness (QED) is 0.284. The van der Waals surface area contributed by atoms with E-state index in [1.807, 2.05) is 0 Å². The molecule has 0 aromatic carbocycles. The van der Waals surface area contributed by atoms with Crippen molar-refractivity contribution < 1.29 is 9.53 Å². The number of azide groups is 1. The predicted molar refractivity (Wildman–Crippen MR) is 46.9 cm³/mol. The SMILES string of the molecule is COC(=O)[C@@H]1CCC[C@@H](N=[N+]=[N-])C1. The summed E-state index contributed by atoms with van der Waals surface area (Å²) in [6.07, 6.45) is 3.31. The zero-order valence-corrected chi connectivity index (χ0v) is 7.64. The molecule has 0 saturated heterocycles. The number of ether oxygens (including phenoxy) is 1. The number of carbonyl (C=O) groups is 1. The van der Waals surface area contributed by atoms with Crippen molar-refractivity contribution >= 4 is 5.97 Å². The smallest absolute Gasteiger partial charge is 0.308 e. The van der Waals surface area contributed by atoms with Crippen molar-refractivity contribution in [2.75, 3.05) is 7.11 Å². The molecule has 0 heterocycles. The van der Waals surface area contributed by atoms with E-state index in [2.05, 4.69) is 14.8 Å². The highest BCUT2D eigenvalue weighted by molar-refractivity contribution is 5.72. The van der Waals surface area contributed by atoms with Crippen molar-refractivity contribution in [3.63, 3.8) is 0 Å². The van der Waals surface area contributed by atoms with Crippen LogP contribution in [0.3, 0.4) is 0 Å². The predicted octanol–water partition coefficient (Wildman–Crippen LogP) is 2.03. The van der Waals surface area contributed by atoms with Gasteiger partial charge in [-0.25, -0.2) is 0 Å². The van der Waals surface area contributed by atoms with Crippen LogP contribution >= 0.6 is 0 Å². The number of carbonyl (C=O) groups excluding carboxylic acids is 1. The molecular formula is C8H13N3O2. The van der Waals surface area contributed by atoms with Crippen LogP contribution in [0.2, 0.25) is 0 Å². The number of nitrogens with zero attached hydrogens (tertiary/aromatic N) is 3. The highest BCUT2D eigenvalue weighted by Gasteiger charge is 2.26. The van der Waals surface area contributed by atoms with E-state index < -0.39 is 0 Å². The van der Waals surface area contributed by atoms with Crippen molar-refractivity contribution in [3.05, 3.63) is 10.4 Å². The van der Waals surface area contributed by atoms with Gasteiger partial charge in [0.15, 0.2) is 0 Å². The van der Waals surface area contributed by atoms with Gasteiger partial charge in [0, 0.05) is 11.0 Å². The molecule has 1 aliphatic carbocycles. The van der Waals surface area contributed by atoms with E-state index in [1.165, 1.54) is 7.11 Å². The van der Waals surface area contributed by atoms with E-state index in [-0.39, 0.29) is 17.9 Å². The third kappa shape index (κ3) is 2.63. The highest BCUT2D eigenvalue weighted by Crippen LogP contribution is 2.27. The van der Waals surface area contributed by atoms with E-state index in [0.29, 0.717) is 6.42 Å². The van der Waals surface area contributed by atoms with Gasteiger partial charge in [-0.2, -0.15) is 0 Å². The first-order chi connectivity index (χ1) is 6.27. The highest BCUT2D eigenvalue weighted by atomic mass is 16.5. The first-order valence-corrected chi connectivity index (χ1v) is 4.40. The van der Waals surface area contributed by atoms with E-state index in [1.54, 1.807) is 0 Å². The molecule has 1 fully saturated rings. The van der Waals surface area contributed by atoms with Crippen molar-refractivity contribution in [1.82, 2.24) is 0 Å². The lowest BCUT2D eigenvalue weighted by Crippen LogP contribution is -2.25. The Labute approximate surface area is 76.7 Å². The fourth-order valence-corrected chi connectivity index (χ4v) is 1.72. The van der Waals surface area contributed by atoms with Crippen LogP contribution in [0, 0.1) is 5.92 Å². The van der Waals surface area contributed by atoms with Gasteiger partial charge in [-0.15, -0.1) is 0 Å². The Balaban J connectivity index is 2.50. The van der Waals surface area contributed by atoms with Crippen LogP contribution in [0.4, 0.5) is 0 Å². The van der Waals surface area contributed by atoms with Crippen LogP contribution in [-0.2, 0) is 9.53 Å².